The van der Waals surface area contributed by atoms with Gasteiger partial charge in [0, 0.05) is 0 Å². The predicted octanol–water partition coefficient (Wildman–Crippen LogP) is -2.92. The van der Waals surface area contributed by atoms with Crippen LogP contribution in [0.1, 0.15) is 0 Å². The zero-order valence-electron chi connectivity index (χ0n) is 2.12. The molecule has 0 amide bonds. The normalized spacial score (nSPS) is 1.50. The molecular weight excluding hydrogens is 62.0 g/mol. The Balaban J connectivity index is -0.00000000500. The van der Waals surface area contributed by atoms with Gasteiger partial charge in [-0.1, -0.05) is 0 Å². The summed E-state index contributed by atoms with van der Waals surface area (Å²) in [7, 11) is 0. The van der Waals surface area contributed by atoms with Gasteiger partial charge in [0.2, 0.25) is 0 Å². The average molecular weight is 69.1 g/mol. The van der Waals surface area contributed by atoms with Gasteiger partial charge in [0.15, 0.2) is 0 Å². The van der Waals surface area contributed by atoms with Crippen LogP contribution in [0.5, 0.6) is 0 Å². The van der Waals surface area contributed by atoms with Crippen molar-refractivity contribution in [3.63, 3.8) is 0 Å². The van der Waals surface area contributed by atoms with E-state index in [1.807, 2.05) is 5.90 Å². The highest BCUT2D eigenvalue weighted by atomic mass is 16.4. The van der Waals surface area contributed by atoms with Crippen LogP contribution in [0, 0.1) is 5.21 Å². The fraction of sp³-hybridized carbons (Fsp3) is 0. The largest absolute Gasteiger partial charge is 0.637 e. The molecule has 0 rings (SSSR count). The minimum Gasteiger partial charge on any atom is -0.637 e. The van der Waals surface area contributed by atoms with Gasteiger partial charge in [-0.2, -0.15) is 0 Å². The molecule has 0 aromatic rings. The van der Waals surface area contributed by atoms with Crippen molar-refractivity contribution in [2.75, 3.05) is 0 Å². The van der Waals surface area contributed by atoms with E-state index in [9.17, 15) is 0 Å². The molecule has 0 saturated carbocycles. The minimum absolute atomic E-state index is 0. The summed E-state index contributed by atoms with van der Waals surface area (Å²) < 4.78 is 0. The zero-order chi connectivity index (χ0) is 2.00. The van der Waals surface area contributed by atoms with Crippen molar-refractivity contribution in [1.82, 2.24) is 0 Å². The molecule has 4 heavy (non-hydrogen) atoms. The van der Waals surface area contributed by atoms with Gasteiger partial charge < -0.3 is 22.1 Å². The van der Waals surface area contributed by atoms with Gasteiger partial charge >= 0.3 is 0 Å². The number of hydrogen-bond donors (Lipinski definition) is 1. The second-order valence-corrected chi connectivity index (χ2v) is 0. The van der Waals surface area contributed by atoms with E-state index >= 15 is 0 Å². The smallest absolute Gasteiger partial charge is 0.397 e. The van der Waals surface area contributed by atoms with E-state index in [1.165, 1.54) is 0 Å². The van der Waals surface area contributed by atoms with Crippen molar-refractivity contribution < 1.29 is 16.8 Å². The summed E-state index contributed by atoms with van der Waals surface area (Å²) in [6.07, 6.45) is 0. The molecule has 0 unspecified atom stereocenters. The lowest BCUT2D eigenvalue weighted by molar-refractivity contribution is -0.275. The highest BCUT2D eigenvalue weighted by Gasteiger charge is 0.490. The molecule has 4 heteroatoms. The standard InChI is InChI=1S/H3NO.2H2O/c1-2;;/h1H3;2*1H2. The van der Waals surface area contributed by atoms with Gasteiger partial charge in [-0.25, -0.2) is 0 Å². The fourth-order valence-corrected chi connectivity index (χ4v) is 0. The maximum Gasteiger partial charge on any atom is -0.397 e. The first kappa shape index (κ1) is 43.9. The van der Waals surface area contributed by atoms with Crippen molar-refractivity contribution in [3.8, 4) is 0 Å². The van der Waals surface area contributed by atoms with Crippen LogP contribution in [-0.4, -0.2) is 11.0 Å². The van der Waals surface area contributed by atoms with Crippen molar-refractivity contribution in [2.45, 2.75) is 0 Å². The molecule has 0 fully saturated rings. The van der Waals surface area contributed by atoms with Crippen molar-refractivity contribution in [1.29, 1.82) is 0 Å². The van der Waals surface area contributed by atoms with Gasteiger partial charge in [0.25, 0.3) is 0 Å². The van der Waals surface area contributed by atoms with Crippen LogP contribution in [0.3, 0.4) is 0 Å². The van der Waals surface area contributed by atoms with Crippen LogP contribution in [0.25, 0.3) is 0 Å². The minimum atomic E-state index is 0. The van der Waals surface area contributed by atoms with E-state index in [-0.39, 0.29) is 11.0 Å². The van der Waals surface area contributed by atoms with Crippen LogP contribution in [0.4, 0.5) is 0 Å². The Morgan fingerprint density at radius 3 is 1.00 bits per heavy atom. The molecule has 0 atom stereocenters. The molecule has 0 saturated heterocycles. The van der Waals surface area contributed by atoms with Gasteiger partial charge in [0.05, 0.1) is 0 Å². The lowest BCUT2D eigenvalue weighted by Crippen LogP contribution is -2.37. The molecule has 0 spiro atoms. The summed E-state index contributed by atoms with van der Waals surface area (Å²) in [4.78, 5) is 0. The number of hydrogen-bond acceptors (Lipinski definition) is 1. The Bertz CT molecular complexity index is 3.25. The second kappa shape index (κ2) is 376. The van der Waals surface area contributed by atoms with Crippen molar-refractivity contribution >= 4 is 0 Å². The molecule has 0 radical (unpaired) electrons. The summed E-state index contributed by atoms with van der Waals surface area (Å²) in [6.45, 7) is 0. The van der Waals surface area contributed by atoms with E-state index in [0.29, 0.717) is 0 Å². The van der Waals surface area contributed by atoms with E-state index in [2.05, 4.69) is 0 Å². The maximum atomic E-state index is 8.00. The molecule has 0 aromatic heterocycles. The van der Waals surface area contributed by atoms with Crippen molar-refractivity contribution in [2.24, 2.45) is 0 Å². The molecule has 0 aliphatic heterocycles. The van der Waals surface area contributed by atoms with Gasteiger partial charge in [-0.3, -0.25) is 0 Å². The number of rotatable bonds is 0. The summed E-state index contributed by atoms with van der Waals surface area (Å²) >= 11 is 0. The third kappa shape index (κ3) is 50.7. The highest BCUT2D eigenvalue weighted by molar-refractivity contribution is 3.64. The quantitative estimate of drug-likeness (QED) is 0.301. The van der Waals surface area contributed by atoms with E-state index in [4.69, 9.17) is 5.21 Å². The van der Waals surface area contributed by atoms with Gasteiger partial charge in [-0.05, 0) is 0 Å². The summed E-state index contributed by atoms with van der Waals surface area (Å²) in [6, 6.07) is 0. The second-order valence-electron chi connectivity index (χ2n) is 0. The molecule has 0 bridgehead atoms. The van der Waals surface area contributed by atoms with Crippen molar-refractivity contribution in [3.05, 3.63) is 5.21 Å². The van der Waals surface area contributed by atoms with Crippen LogP contribution in [-0.2, 0) is 0 Å². The zero-order valence-corrected chi connectivity index (χ0v) is 2.12. The molecule has 4 nitrogen and oxygen atoms in total. The Hall–Kier alpha value is -0.160. The van der Waals surface area contributed by atoms with Crippen LogP contribution in [0.15, 0.2) is 0 Å². The third-order valence-electron chi connectivity index (χ3n) is 0. The molecule has 0 aliphatic rings. The SMILES string of the molecule is O.O.[NH3+][O-]. The molecule has 0 aliphatic carbocycles. The highest BCUT2D eigenvalue weighted by Crippen LogP contribution is 0.450. The summed E-state index contributed by atoms with van der Waals surface area (Å²) in [5, 5.41) is 8.00. The fourth-order valence-electron chi connectivity index (χ4n) is 0. The summed E-state index contributed by atoms with van der Waals surface area (Å²) in [5.74, 6) is 2.00. The molecule has 7 N–H and O–H groups in total. The lowest BCUT2D eigenvalue weighted by atomic mass is 13.6. The molecular formula is H7NO3. The van der Waals surface area contributed by atoms with E-state index in [0.717, 1.165) is 0 Å². The van der Waals surface area contributed by atoms with E-state index in [1.54, 1.807) is 0 Å². The van der Waals surface area contributed by atoms with Gasteiger partial charge in [-0.15, -0.1) is 0 Å². The average Bonchev–Trinajstić information content (AvgIpc) is 1.00. The Morgan fingerprint density at radius 2 is 1.00 bits per heavy atom. The first-order valence-electron chi connectivity index (χ1n) is 0.289. The predicted molar refractivity (Wildman–Crippen MR) is 13.5 cm³/mol. The van der Waals surface area contributed by atoms with Gasteiger partial charge in [0.1, 0.15) is 0 Å². The Morgan fingerprint density at radius 1 is 1.00 bits per heavy atom. The van der Waals surface area contributed by atoms with Crippen LogP contribution >= 0.6 is 0 Å². The first-order chi connectivity index (χ1) is 1.00. The lowest BCUT2D eigenvalue weighted by Gasteiger charge is -1.52. The van der Waals surface area contributed by atoms with Crippen LogP contribution < -0.4 is 5.90 Å². The first-order valence-corrected chi connectivity index (χ1v) is 0.289. The Labute approximate surface area is 23.4 Å². The summed E-state index contributed by atoms with van der Waals surface area (Å²) in [5.41, 5.74) is 0. The van der Waals surface area contributed by atoms with E-state index < -0.39 is 0 Å². The topological polar surface area (TPSA) is 114 Å². The maximum absolute atomic E-state index is 8.00. The van der Waals surface area contributed by atoms with Crippen LogP contribution in [0.2, 0.25) is 0 Å². The third-order valence-corrected chi connectivity index (χ3v) is 0. The molecule has 30 valence electrons. The molecule has 0 aromatic carbocycles. The number of quaternary nitrogens is 1. The molecule has 0 heterocycles. The monoisotopic (exact) mass is 69.0 g/mol. The Kier molecular flexibility index (Phi) is 4120.